The topological polar surface area (TPSA) is 77.1 Å². The molecule has 3 N–H and O–H groups in total. The maximum absolute atomic E-state index is 12.4. The fraction of sp³-hybridized carbons (Fsp3) is 0.600. The highest BCUT2D eigenvalue weighted by molar-refractivity contribution is 5.99. The Labute approximate surface area is 120 Å². The molecule has 0 saturated carbocycles. The number of hydrogen-bond acceptors (Lipinski definition) is 3. The van der Waals surface area contributed by atoms with E-state index in [2.05, 4.69) is 19.2 Å². The summed E-state index contributed by atoms with van der Waals surface area (Å²) >= 11 is 0. The van der Waals surface area contributed by atoms with Gasteiger partial charge in [0.05, 0.1) is 5.54 Å². The van der Waals surface area contributed by atoms with Crippen LogP contribution in [0.5, 0.6) is 0 Å². The number of nitrogens with zero attached hydrogens (tertiary/aromatic N) is 1. The van der Waals surface area contributed by atoms with E-state index >= 15 is 0 Å². The third-order valence-corrected chi connectivity index (χ3v) is 3.37. The summed E-state index contributed by atoms with van der Waals surface area (Å²) in [6.45, 7) is 7.99. The van der Waals surface area contributed by atoms with Crippen molar-refractivity contribution in [1.82, 2.24) is 9.88 Å². The van der Waals surface area contributed by atoms with E-state index in [1.165, 1.54) is 6.92 Å². The van der Waals surface area contributed by atoms with Crippen molar-refractivity contribution >= 4 is 11.7 Å². The highest BCUT2D eigenvalue weighted by atomic mass is 16.2. The first-order valence-corrected chi connectivity index (χ1v) is 6.88. The van der Waals surface area contributed by atoms with Crippen molar-refractivity contribution in [2.75, 3.05) is 6.54 Å². The molecule has 0 aliphatic heterocycles. The summed E-state index contributed by atoms with van der Waals surface area (Å²) in [5.41, 5.74) is 6.37. The third kappa shape index (κ3) is 3.93. The molecule has 5 heteroatoms. The smallest absolute Gasteiger partial charge is 0.268 e. The Morgan fingerprint density at radius 3 is 2.45 bits per heavy atom. The van der Waals surface area contributed by atoms with Gasteiger partial charge in [0.15, 0.2) is 5.78 Å². The van der Waals surface area contributed by atoms with Gasteiger partial charge in [-0.1, -0.05) is 13.8 Å². The zero-order valence-corrected chi connectivity index (χ0v) is 13.0. The van der Waals surface area contributed by atoms with Crippen molar-refractivity contribution in [1.29, 1.82) is 0 Å². The molecular weight excluding hydrogens is 254 g/mol. The number of aryl methyl sites for hydroxylation is 1. The van der Waals surface area contributed by atoms with E-state index in [0.29, 0.717) is 23.7 Å². The van der Waals surface area contributed by atoms with E-state index < -0.39 is 5.54 Å². The maximum Gasteiger partial charge on any atom is 0.268 e. The predicted octanol–water partition coefficient (Wildman–Crippen LogP) is 1.72. The first-order valence-electron chi connectivity index (χ1n) is 6.88. The normalized spacial score (nSPS) is 14.2. The average Bonchev–Trinajstić information content (AvgIpc) is 2.70. The van der Waals surface area contributed by atoms with E-state index in [1.54, 1.807) is 23.9 Å². The number of nitrogens with one attached hydrogen (secondary N) is 1. The Bertz CT molecular complexity index is 505. The van der Waals surface area contributed by atoms with Gasteiger partial charge in [0.25, 0.3) is 5.91 Å². The molecule has 0 aromatic carbocycles. The molecule has 0 fully saturated rings. The minimum atomic E-state index is -0.439. The molecule has 112 valence electrons. The Morgan fingerprint density at radius 1 is 1.45 bits per heavy atom. The molecule has 0 spiro atoms. The molecule has 1 rings (SSSR count). The molecule has 0 bridgehead atoms. The number of aromatic nitrogens is 1. The molecule has 1 heterocycles. The van der Waals surface area contributed by atoms with Crippen molar-refractivity contribution in [3.63, 3.8) is 0 Å². The second kappa shape index (κ2) is 6.22. The molecule has 1 amide bonds. The van der Waals surface area contributed by atoms with Crippen LogP contribution in [0.15, 0.2) is 12.3 Å². The lowest BCUT2D eigenvalue weighted by molar-refractivity contribution is 0.0889. The molecule has 0 saturated heterocycles. The predicted molar refractivity (Wildman–Crippen MR) is 79.8 cm³/mol. The van der Waals surface area contributed by atoms with Gasteiger partial charge in [-0.15, -0.1) is 0 Å². The van der Waals surface area contributed by atoms with E-state index in [9.17, 15) is 9.59 Å². The van der Waals surface area contributed by atoms with E-state index in [0.717, 1.165) is 6.42 Å². The van der Waals surface area contributed by atoms with Crippen LogP contribution in [0.1, 0.15) is 55.0 Å². The molecule has 1 aromatic rings. The van der Waals surface area contributed by atoms with Crippen LogP contribution in [-0.2, 0) is 7.05 Å². The quantitative estimate of drug-likeness (QED) is 0.778. The maximum atomic E-state index is 12.4. The minimum Gasteiger partial charge on any atom is -0.346 e. The lowest BCUT2D eigenvalue weighted by atomic mass is 9.90. The number of carbonyl (C=O) groups is 2. The van der Waals surface area contributed by atoms with Gasteiger partial charge in [-0.3, -0.25) is 9.59 Å². The molecule has 1 atom stereocenters. The Balaban J connectivity index is 2.92. The summed E-state index contributed by atoms with van der Waals surface area (Å²) in [6.07, 6.45) is 2.47. The standard InChI is InChI=1S/C15H25N3O2/c1-10(2)7-15(4,9-16)17-14(20)13-6-12(11(3)19)8-18(13)5/h6,8,10H,7,9,16H2,1-5H3,(H,17,20). The zero-order valence-electron chi connectivity index (χ0n) is 13.0. The van der Waals surface area contributed by atoms with Crippen LogP contribution in [0.3, 0.4) is 0 Å². The Kier molecular flexibility index (Phi) is 5.11. The SMILES string of the molecule is CC(=O)c1cc(C(=O)NC(C)(CN)CC(C)C)n(C)c1. The molecule has 20 heavy (non-hydrogen) atoms. The number of hydrogen-bond donors (Lipinski definition) is 2. The van der Waals surface area contributed by atoms with Crippen molar-refractivity contribution < 1.29 is 9.59 Å². The second-order valence-electron chi connectivity index (χ2n) is 6.10. The first kappa shape index (κ1) is 16.4. The van der Waals surface area contributed by atoms with E-state index in [1.807, 2.05) is 6.92 Å². The number of amides is 1. The van der Waals surface area contributed by atoms with Crippen molar-refractivity contribution in [2.45, 2.75) is 39.7 Å². The third-order valence-electron chi connectivity index (χ3n) is 3.37. The molecule has 5 nitrogen and oxygen atoms in total. The molecule has 1 aromatic heterocycles. The van der Waals surface area contributed by atoms with Crippen LogP contribution >= 0.6 is 0 Å². The van der Waals surface area contributed by atoms with Crippen molar-refractivity contribution in [3.8, 4) is 0 Å². The van der Waals surface area contributed by atoms with Gasteiger partial charge >= 0.3 is 0 Å². The van der Waals surface area contributed by atoms with Gasteiger partial charge in [-0.2, -0.15) is 0 Å². The first-order chi connectivity index (χ1) is 9.18. The largest absolute Gasteiger partial charge is 0.346 e. The van der Waals surface area contributed by atoms with Crippen LogP contribution in [-0.4, -0.2) is 28.3 Å². The average molecular weight is 279 g/mol. The monoisotopic (exact) mass is 279 g/mol. The molecule has 0 aliphatic carbocycles. The number of nitrogens with two attached hydrogens (primary N) is 1. The van der Waals surface area contributed by atoms with Gasteiger partial charge in [0, 0.05) is 25.4 Å². The molecular formula is C15H25N3O2. The highest BCUT2D eigenvalue weighted by Crippen LogP contribution is 2.17. The minimum absolute atomic E-state index is 0.0524. The van der Waals surface area contributed by atoms with Crippen LogP contribution in [0, 0.1) is 5.92 Å². The lowest BCUT2D eigenvalue weighted by Crippen LogP contribution is -2.52. The summed E-state index contributed by atoms with van der Waals surface area (Å²) in [5, 5.41) is 2.99. The fourth-order valence-electron chi connectivity index (χ4n) is 2.41. The number of carbonyl (C=O) groups excluding carboxylic acids is 2. The zero-order chi connectivity index (χ0) is 15.5. The highest BCUT2D eigenvalue weighted by Gasteiger charge is 2.27. The molecule has 0 radical (unpaired) electrons. The summed E-state index contributed by atoms with van der Waals surface area (Å²) in [7, 11) is 1.75. The summed E-state index contributed by atoms with van der Waals surface area (Å²) in [5.74, 6) is 0.182. The van der Waals surface area contributed by atoms with Gasteiger partial charge < -0.3 is 15.6 Å². The van der Waals surface area contributed by atoms with Crippen LogP contribution < -0.4 is 11.1 Å². The van der Waals surface area contributed by atoms with Crippen LogP contribution in [0.25, 0.3) is 0 Å². The van der Waals surface area contributed by atoms with Crippen molar-refractivity contribution in [2.24, 2.45) is 18.7 Å². The number of rotatable bonds is 6. The number of ketones is 1. The Morgan fingerprint density at radius 2 is 2.05 bits per heavy atom. The molecule has 0 aliphatic rings. The summed E-state index contributed by atoms with van der Waals surface area (Å²) in [6, 6.07) is 1.62. The van der Waals surface area contributed by atoms with Crippen LogP contribution in [0.2, 0.25) is 0 Å². The van der Waals surface area contributed by atoms with Crippen LogP contribution in [0.4, 0.5) is 0 Å². The summed E-state index contributed by atoms with van der Waals surface area (Å²) < 4.78 is 1.67. The second-order valence-corrected chi connectivity index (χ2v) is 6.10. The van der Waals surface area contributed by atoms with Gasteiger partial charge in [0.2, 0.25) is 0 Å². The molecule has 1 unspecified atom stereocenters. The number of Topliss-reactive ketones (excluding diaryl/α,β-unsaturated/α-hetero) is 1. The Hall–Kier alpha value is -1.62. The van der Waals surface area contributed by atoms with Crippen molar-refractivity contribution in [3.05, 3.63) is 23.5 Å². The fourth-order valence-corrected chi connectivity index (χ4v) is 2.41. The van der Waals surface area contributed by atoms with E-state index in [-0.39, 0.29) is 11.7 Å². The van der Waals surface area contributed by atoms with E-state index in [4.69, 9.17) is 5.73 Å². The van der Waals surface area contributed by atoms with Gasteiger partial charge in [-0.05, 0) is 32.3 Å². The lowest BCUT2D eigenvalue weighted by Gasteiger charge is -2.31. The summed E-state index contributed by atoms with van der Waals surface area (Å²) in [4.78, 5) is 23.7. The van der Waals surface area contributed by atoms with Gasteiger partial charge in [-0.25, -0.2) is 0 Å². The van der Waals surface area contributed by atoms with Gasteiger partial charge in [0.1, 0.15) is 5.69 Å².